The highest BCUT2D eigenvalue weighted by Crippen LogP contribution is 2.06. The number of aliphatic carboxylic acids is 2. The Bertz CT molecular complexity index is 473. The topological polar surface area (TPSA) is 159 Å². The minimum atomic E-state index is -1.36. The third-order valence-corrected chi connectivity index (χ3v) is 4.00. The summed E-state index contributed by atoms with van der Waals surface area (Å²) in [4.78, 5) is 45.7. The highest BCUT2D eigenvalue weighted by molar-refractivity contribution is 7.80. The molecule has 0 aromatic rings. The van der Waals surface area contributed by atoms with Gasteiger partial charge >= 0.3 is 11.9 Å². The molecule has 0 aliphatic rings. The average molecular weight is 363 g/mol. The van der Waals surface area contributed by atoms with E-state index in [0.29, 0.717) is 6.42 Å². The molecule has 0 saturated heterocycles. The second-order valence-electron chi connectivity index (χ2n) is 5.49. The SMILES string of the molecule is CCC(C)C(N)C(=O)NC(CS)C(=O)NC(CCC(=O)O)C(=O)O. The van der Waals surface area contributed by atoms with Crippen LogP contribution in [-0.4, -0.2) is 57.8 Å². The Morgan fingerprint density at radius 2 is 1.62 bits per heavy atom. The van der Waals surface area contributed by atoms with E-state index < -0.39 is 48.3 Å². The van der Waals surface area contributed by atoms with E-state index in [4.69, 9.17) is 15.9 Å². The first kappa shape index (κ1) is 22.2. The van der Waals surface area contributed by atoms with Crippen LogP contribution in [0, 0.1) is 5.92 Å². The largest absolute Gasteiger partial charge is 0.481 e. The summed E-state index contributed by atoms with van der Waals surface area (Å²) in [6.45, 7) is 3.67. The maximum atomic E-state index is 12.1. The molecule has 0 aliphatic carbocycles. The first-order valence-electron chi connectivity index (χ1n) is 7.55. The van der Waals surface area contributed by atoms with Crippen LogP contribution in [0.1, 0.15) is 33.1 Å². The van der Waals surface area contributed by atoms with Gasteiger partial charge in [-0.05, 0) is 12.3 Å². The van der Waals surface area contributed by atoms with Crippen molar-refractivity contribution in [3.8, 4) is 0 Å². The summed E-state index contributed by atoms with van der Waals surface area (Å²) in [7, 11) is 0. The molecule has 0 saturated carbocycles. The molecule has 10 heteroatoms. The van der Waals surface area contributed by atoms with Gasteiger partial charge in [-0.15, -0.1) is 0 Å². The maximum Gasteiger partial charge on any atom is 0.326 e. The van der Waals surface area contributed by atoms with Crippen molar-refractivity contribution >= 4 is 36.4 Å². The van der Waals surface area contributed by atoms with Gasteiger partial charge in [0.1, 0.15) is 12.1 Å². The fourth-order valence-electron chi connectivity index (χ4n) is 1.77. The molecule has 0 fully saturated rings. The molecule has 9 nitrogen and oxygen atoms in total. The first-order chi connectivity index (χ1) is 11.1. The third kappa shape index (κ3) is 7.64. The molecule has 138 valence electrons. The monoisotopic (exact) mass is 363 g/mol. The fourth-order valence-corrected chi connectivity index (χ4v) is 2.03. The van der Waals surface area contributed by atoms with E-state index in [1.54, 1.807) is 6.92 Å². The predicted octanol–water partition coefficient (Wildman–Crippen LogP) is -0.791. The molecule has 0 bridgehead atoms. The van der Waals surface area contributed by atoms with Crippen molar-refractivity contribution in [2.45, 2.75) is 51.2 Å². The van der Waals surface area contributed by atoms with E-state index >= 15 is 0 Å². The smallest absolute Gasteiger partial charge is 0.326 e. The van der Waals surface area contributed by atoms with Crippen molar-refractivity contribution in [1.29, 1.82) is 0 Å². The van der Waals surface area contributed by atoms with Crippen LogP contribution in [0.4, 0.5) is 0 Å². The number of hydrogen-bond acceptors (Lipinski definition) is 6. The molecule has 0 radical (unpaired) electrons. The minimum Gasteiger partial charge on any atom is -0.481 e. The summed E-state index contributed by atoms with van der Waals surface area (Å²) in [5, 5.41) is 22.3. The number of thiol groups is 1. The normalized spacial score (nSPS) is 15.7. The Morgan fingerprint density at radius 1 is 1.08 bits per heavy atom. The van der Waals surface area contributed by atoms with Crippen molar-refractivity contribution in [1.82, 2.24) is 10.6 Å². The second kappa shape index (κ2) is 10.9. The van der Waals surface area contributed by atoms with Crippen LogP contribution < -0.4 is 16.4 Å². The van der Waals surface area contributed by atoms with Crippen LogP contribution in [-0.2, 0) is 19.2 Å². The van der Waals surface area contributed by atoms with Crippen LogP contribution in [0.3, 0.4) is 0 Å². The van der Waals surface area contributed by atoms with Crippen molar-refractivity contribution in [2.75, 3.05) is 5.75 Å². The number of carbonyl (C=O) groups excluding carboxylic acids is 2. The van der Waals surface area contributed by atoms with E-state index in [0.717, 1.165) is 0 Å². The summed E-state index contributed by atoms with van der Waals surface area (Å²) in [6, 6.07) is -3.23. The number of carboxylic acid groups (broad SMARTS) is 2. The van der Waals surface area contributed by atoms with E-state index in [2.05, 4.69) is 23.3 Å². The Balaban J connectivity index is 4.79. The zero-order valence-electron chi connectivity index (χ0n) is 13.7. The maximum absolute atomic E-state index is 12.1. The molecule has 0 rings (SSSR count). The number of amides is 2. The fraction of sp³-hybridized carbons (Fsp3) is 0.714. The van der Waals surface area contributed by atoms with Crippen LogP contribution >= 0.6 is 12.6 Å². The summed E-state index contributed by atoms with van der Waals surface area (Å²) in [5.74, 6) is -3.96. The van der Waals surface area contributed by atoms with Crippen LogP contribution in [0.25, 0.3) is 0 Å². The molecule has 0 aromatic heterocycles. The summed E-state index contributed by atoms with van der Waals surface area (Å²) >= 11 is 3.97. The van der Waals surface area contributed by atoms with E-state index in [9.17, 15) is 19.2 Å². The first-order valence-corrected chi connectivity index (χ1v) is 8.19. The summed E-state index contributed by atoms with van der Waals surface area (Å²) < 4.78 is 0. The second-order valence-corrected chi connectivity index (χ2v) is 5.85. The van der Waals surface area contributed by atoms with E-state index in [1.807, 2.05) is 6.92 Å². The molecular weight excluding hydrogens is 338 g/mol. The lowest BCUT2D eigenvalue weighted by molar-refractivity contribution is -0.143. The molecule has 0 spiro atoms. The molecule has 24 heavy (non-hydrogen) atoms. The third-order valence-electron chi connectivity index (χ3n) is 3.64. The van der Waals surface area contributed by atoms with Gasteiger partial charge in [0.2, 0.25) is 11.8 Å². The van der Waals surface area contributed by atoms with Crippen LogP contribution in [0.5, 0.6) is 0 Å². The molecule has 0 heterocycles. The summed E-state index contributed by atoms with van der Waals surface area (Å²) in [6.07, 6.45) is 0.00661. The Morgan fingerprint density at radius 3 is 2.04 bits per heavy atom. The standard InChI is InChI=1S/C14H25N3O6S/c1-3-7(2)11(15)13(21)17-9(6-24)12(20)16-8(14(22)23)4-5-10(18)19/h7-9,11,24H,3-6,15H2,1-2H3,(H,16,20)(H,17,21)(H,18,19)(H,22,23). The van der Waals surface area contributed by atoms with E-state index in [1.165, 1.54) is 0 Å². The molecule has 4 atom stereocenters. The van der Waals surface area contributed by atoms with Gasteiger partial charge in [0, 0.05) is 12.2 Å². The Labute approximate surface area is 145 Å². The van der Waals surface area contributed by atoms with Gasteiger partial charge in [0.25, 0.3) is 0 Å². The lowest BCUT2D eigenvalue weighted by Gasteiger charge is -2.23. The van der Waals surface area contributed by atoms with Gasteiger partial charge in [-0.2, -0.15) is 12.6 Å². The zero-order chi connectivity index (χ0) is 18.9. The Kier molecular flexibility index (Phi) is 10.0. The molecule has 2 amide bonds. The van der Waals surface area contributed by atoms with Gasteiger partial charge in [-0.3, -0.25) is 14.4 Å². The van der Waals surface area contributed by atoms with E-state index in [-0.39, 0.29) is 18.1 Å². The van der Waals surface area contributed by atoms with Crippen molar-refractivity contribution in [3.05, 3.63) is 0 Å². The lowest BCUT2D eigenvalue weighted by atomic mass is 9.99. The zero-order valence-corrected chi connectivity index (χ0v) is 14.6. The highest BCUT2D eigenvalue weighted by Gasteiger charge is 2.28. The lowest BCUT2D eigenvalue weighted by Crippen LogP contribution is -2.56. The number of hydrogen-bond donors (Lipinski definition) is 6. The van der Waals surface area contributed by atoms with Gasteiger partial charge in [-0.1, -0.05) is 20.3 Å². The average Bonchev–Trinajstić information content (AvgIpc) is 2.53. The quantitative estimate of drug-likeness (QED) is 0.262. The van der Waals surface area contributed by atoms with Crippen molar-refractivity contribution in [3.63, 3.8) is 0 Å². The number of carbonyl (C=O) groups is 4. The molecular formula is C14H25N3O6S. The van der Waals surface area contributed by atoms with Crippen LogP contribution in [0.2, 0.25) is 0 Å². The highest BCUT2D eigenvalue weighted by atomic mass is 32.1. The van der Waals surface area contributed by atoms with Crippen molar-refractivity contribution in [2.24, 2.45) is 11.7 Å². The molecule has 0 aliphatic heterocycles. The van der Waals surface area contributed by atoms with Gasteiger partial charge < -0.3 is 26.6 Å². The van der Waals surface area contributed by atoms with Gasteiger partial charge in [-0.25, -0.2) is 4.79 Å². The molecule has 6 N–H and O–H groups in total. The number of nitrogens with two attached hydrogens (primary N) is 1. The number of nitrogens with one attached hydrogen (secondary N) is 2. The number of rotatable bonds is 11. The predicted molar refractivity (Wildman–Crippen MR) is 89.7 cm³/mol. The molecule has 0 aromatic carbocycles. The summed E-state index contributed by atoms with van der Waals surface area (Å²) in [5.41, 5.74) is 5.78. The van der Waals surface area contributed by atoms with Gasteiger partial charge in [0.05, 0.1) is 6.04 Å². The Hall–Kier alpha value is -1.81. The number of carboxylic acids is 2. The minimum absolute atomic E-state index is 0.0595. The van der Waals surface area contributed by atoms with Crippen LogP contribution in [0.15, 0.2) is 0 Å². The molecule has 4 unspecified atom stereocenters. The van der Waals surface area contributed by atoms with Crippen molar-refractivity contribution < 1.29 is 29.4 Å². The van der Waals surface area contributed by atoms with Gasteiger partial charge in [0.15, 0.2) is 0 Å².